The van der Waals surface area contributed by atoms with Crippen LogP contribution < -0.4 is 0 Å². The van der Waals surface area contributed by atoms with Crippen LogP contribution >= 0.6 is 0 Å². The molecular weight excluding hydrogens is 332 g/mol. The van der Waals surface area contributed by atoms with Gasteiger partial charge in [0.05, 0.1) is 28.9 Å². The molecule has 0 fully saturated rings. The summed E-state index contributed by atoms with van der Waals surface area (Å²) in [5, 5.41) is 4.67. The van der Waals surface area contributed by atoms with Crippen molar-refractivity contribution in [2.45, 2.75) is 19.4 Å². The summed E-state index contributed by atoms with van der Waals surface area (Å²) < 4.78 is 7.14. The molecule has 1 atom stereocenters. The van der Waals surface area contributed by atoms with Gasteiger partial charge in [0.2, 0.25) is 5.76 Å². The minimum atomic E-state index is -0.373. The predicted molar refractivity (Wildman–Crippen MR) is 91.6 cm³/mol. The number of nitrogens with one attached hydrogen (secondary N) is 1. The minimum absolute atomic E-state index is 0.198. The minimum Gasteiger partial charge on any atom is -0.438 e. The summed E-state index contributed by atoms with van der Waals surface area (Å²) in [6, 6.07) is 7.48. The maximum absolute atomic E-state index is 13.1. The van der Waals surface area contributed by atoms with Gasteiger partial charge in [0.25, 0.3) is 5.91 Å². The van der Waals surface area contributed by atoms with Crippen LogP contribution in [0.4, 0.5) is 0 Å². The lowest BCUT2D eigenvalue weighted by Gasteiger charge is -2.33. The van der Waals surface area contributed by atoms with E-state index < -0.39 is 0 Å². The number of H-pyrrole nitrogens is 1. The molecule has 1 aliphatic heterocycles. The number of carbonyl (C=O) groups is 1. The molecule has 8 nitrogen and oxygen atoms in total. The number of oxazole rings is 1. The number of rotatable bonds is 2. The first-order valence-corrected chi connectivity index (χ1v) is 8.40. The average Bonchev–Trinajstić information content (AvgIpc) is 3.38. The zero-order chi connectivity index (χ0) is 17.7. The zero-order valence-corrected chi connectivity index (χ0v) is 14.1. The normalized spacial score (nSPS) is 16.8. The summed E-state index contributed by atoms with van der Waals surface area (Å²) in [6.45, 7) is 2.31. The Labute approximate surface area is 148 Å². The quantitative estimate of drug-likeness (QED) is 0.599. The van der Waals surface area contributed by atoms with Crippen molar-refractivity contribution in [1.82, 2.24) is 29.5 Å². The summed E-state index contributed by atoms with van der Waals surface area (Å²) >= 11 is 0. The highest BCUT2D eigenvalue weighted by Crippen LogP contribution is 2.34. The maximum atomic E-state index is 13.1. The van der Waals surface area contributed by atoms with E-state index >= 15 is 0 Å². The third-order valence-corrected chi connectivity index (χ3v) is 4.79. The topological polar surface area (TPSA) is 92.3 Å². The number of imidazole rings is 1. The monoisotopic (exact) mass is 348 g/mol. The number of carbonyl (C=O) groups excluding carboxylic acids is 1. The van der Waals surface area contributed by atoms with Gasteiger partial charge in [0.1, 0.15) is 6.04 Å². The molecule has 0 unspecified atom stereocenters. The van der Waals surface area contributed by atoms with Crippen molar-refractivity contribution in [2.24, 2.45) is 0 Å². The molecule has 5 heterocycles. The molecule has 1 aliphatic rings. The molecule has 26 heavy (non-hydrogen) atoms. The fraction of sp³-hybridized carbons (Fsp3) is 0.222. The third-order valence-electron chi connectivity index (χ3n) is 4.79. The number of nitrogens with zero attached hydrogens (tertiary/aromatic N) is 5. The number of amides is 1. The zero-order valence-electron chi connectivity index (χ0n) is 14.1. The average molecular weight is 348 g/mol. The van der Waals surface area contributed by atoms with Gasteiger partial charge < -0.3 is 14.3 Å². The Balaban J connectivity index is 1.64. The lowest BCUT2D eigenvalue weighted by Crippen LogP contribution is -2.41. The summed E-state index contributed by atoms with van der Waals surface area (Å²) in [5.74, 6) is 0.0634. The molecule has 1 amide bonds. The van der Waals surface area contributed by atoms with Crippen molar-refractivity contribution in [1.29, 1.82) is 0 Å². The summed E-state index contributed by atoms with van der Waals surface area (Å²) in [5.41, 5.74) is 4.18. The van der Waals surface area contributed by atoms with Crippen LogP contribution in [0.2, 0.25) is 0 Å². The largest absolute Gasteiger partial charge is 0.438 e. The van der Waals surface area contributed by atoms with Crippen molar-refractivity contribution >= 4 is 11.4 Å². The SMILES string of the molecule is Cc1ncoc1C(=O)N1CCc2[nH]cnc2[C@H]1c1cc2ccccn2n1. The Kier molecular flexibility index (Phi) is 3.18. The molecule has 0 aromatic carbocycles. The first-order chi connectivity index (χ1) is 12.7. The number of hydrogen-bond donors (Lipinski definition) is 1. The molecule has 0 saturated heterocycles. The van der Waals surface area contributed by atoms with Crippen LogP contribution in [0.15, 0.2) is 47.6 Å². The number of pyridine rings is 1. The number of aromatic amines is 1. The smallest absolute Gasteiger partial charge is 0.292 e. The summed E-state index contributed by atoms with van der Waals surface area (Å²) in [7, 11) is 0. The van der Waals surface area contributed by atoms with Gasteiger partial charge in [0, 0.05) is 24.9 Å². The van der Waals surface area contributed by atoms with Crippen LogP contribution in [0.1, 0.15) is 39.4 Å². The van der Waals surface area contributed by atoms with Crippen LogP contribution in [0.5, 0.6) is 0 Å². The Morgan fingerprint density at radius 1 is 1.35 bits per heavy atom. The van der Waals surface area contributed by atoms with Crippen LogP contribution in [0.25, 0.3) is 5.52 Å². The van der Waals surface area contributed by atoms with Gasteiger partial charge in [-0.25, -0.2) is 14.5 Å². The van der Waals surface area contributed by atoms with Gasteiger partial charge >= 0.3 is 0 Å². The maximum Gasteiger partial charge on any atom is 0.292 e. The van der Waals surface area contributed by atoms with Gasteiger partial charge in [-0.05, 0) is 25.1 Å². The molecule has 130 valence electrons. The van der Waals surface area contributed by atoms with Crippen molar-refractivity contribution in [3.63, 3.8) is 0 Å². The van der Waals surface area contributed by atoms with Gasteiger partial charge in [-0.1, -0.05) is 6.07 Å². The second-order valence-electron chi connectivity index (χ2n) is 6.32. The van der Waals surface area contributed by atoms with E-state index in [-0.39, 0.29) is 17.7 Å². The van der Waals surface area contributed by atoms with Crippen LogP contribution in [-0.4, -0.2) is 41.9 Å². The molecule has 5 rings (SSSR count). The summed E-state index contributed by atoms with van der Waals surface area (Å²) in [6.07, 6.45) is 5.56. The first kappa shape index (κ1) is 14.9. The number of aryl methyl sites for hydroxylation is 1. The van der Waals surface area contributed by atoms with Crippen molar-refractivity contribution < 1.29 is 9.21 Å². The Bertz CT molecular complexity index is 1070. The van der Waals surface area contributed by atoms with E-state index in [1.165, 1.54) is 6.39 Å². The Morgan fingerprint density at radius 2 is 2.27 bits per heavy atom. The first-order valence-electron chi connectivity index (χ1n) is 8.40. The highest BCUT2D eigenvalue weighted by atomic mass is 16.3. The molecule has 1 N–H and O–H groups in total. The summed E-state index contributed by atoms with van der Waals surface area (Å²) in [4.78, 5) is 26.6. The Hall–Kier alpha value is -3.42. The van der Waals surface area contributed by atoms with Crippen LogP contribution in [0, 0.1) is 6.92 Å². The standard InChI is InChI=1S/C18H16N6O2/c1-11-17(26-10-21-11)18(25)23-7-5-13-15(20-9-19-13)16(23)14-8-12-4-2-3-6-24(12)22-14/h2-4,6,8-10,16H,5,7H2,1H3,(H,19,20)/t16-/m1/s1. The Morgan fingerprint density at radius 3 is 3.08 bits per heavy atom. The van der Waals surface area contributed by atoms with Gasteiger partial charge in [-0.2, -0.15) is 5.10 Å². The van der Waals surface area contributed by atoms with Gasteiger partial charge in [0.15, 0.2) is 6.39 Å². The second-order valence-corrected chi connectivity index (χ2v) is 6.32. The molecule has 0 aliphatic carbocycles. The van der Waals surface area contributed by atoms with Gasteiger partial charge in [-0.3, -0.25) is 4.79 Å². The highest BCUT2D eigenvalue weighted by molar-refractivity contribution is 5.93. The second kappa shape index (κ2) is 5.55. The van der Waals surface area contributed by atoms with Crippen molar-refractivity contribution in [3.05, 3.63) is 71.7 Å². The van der Waals surface area contributed by atoms with E-state index in [0.717, 1.165) is 22.6 Å². The predicted octanol–water partition coefficient (Wildman–Crippen LogP) is 2.14. The fourth-order valence-electron chi connectivity index (χ4n) is 3.52. The van der Waals surface area contributed by atoms with Crippen molar-refractivity contribution in [2.75, 3.05) is 6.54 Å². The molecule has 0 spiro atoms. The van der Waals surface area contributed by atoms with Crippen LogP contribution in [-0.2, 0) is 6.42 Å². The number of hydrogen-bond acceptors (Lipinski definition) is 5. The number of fused-ring (bicyclic) bond motifs is 2. The van der Waals surface area contributed by atoms with E-state index in [1.54, 1.807) is 22.7 Å². The molecular formula is C18H16N6O2. The van der Waals surface area contributed by atoms with E-state index in [0.29, 0.717) is 18.7 Å². The molecule has 0 saturated carbocycles. The lowest BCUT2D eigenvalue weighted by atomic mass is 9.99. The van der Waals surface area contributed by atoms with Gasteiger partial charge in [-0.15, -0.1) is 0 Å². The third kappa shape index (κ3) is 2.15. The van der Waals surface area contributed by atoms with E-state index in [4.69, 9.17) is 4.42 Å². The lowest BCUT2D eigenvalue weighted by molar-refractivity contribution is 0.0653. The molecule has 0 bridgehead atoms. The molecule has 4 aromatic rings. The van der Waals surface area contributed by atoms with Crippen molar-refractivity contribution in [3.8, 4) is 0 Å². The van der Waals surface area contributed by atoms with Crippen LogP contribution in [0.3, 0.4) is 0 Å². The fourth-order valence-corrected chi connectivity index (χ4v) is 3.52. The van der Waals surface area contributed by atoms with E-state index in [1.807, 2.05) is 30.5 Å². The molecule has 4 aromatic heterocycles. The number of aromatic nitrogens is 5. The van der Waals surface area contributed by atoms with E-state index in [2.05, 4.69) is 20.1 Å². The van der Waals surface area contributed by atoms with E-state index in [9.17, 15) is 4.79 Å². The molecule has 8 heteroatoms. The highest BCUT2D eigenvalue weighted by Gasteiger charge is 2.37. The molecule has 0 radical (unpaired) electrons.